The second kappa shape index (κ2) is 8.82. The number of para-hydroxylation sites is 2. The van der Waals surface area contributed by atoms with Crippen molar-refractivity contribution in [1.29, 1.82) is 0 Å². The van der Waals surface area contributed by atoms with Crippen molar-refractivity contribution in [2.75, 3.05) is 5.75 Å². The van der Waals surface area contributed by atoms with Crippen molar-refractivity contribution in [2.24, 2.45) is 5.10 Å². The van der Waals surface area contributed by atoms with Crippen LogP contribution in [-0.2, 0) is 4.79 Å². The Bertz CT molecular complexity index is 889. The van der Waals surface area contributed by atoms with E-state index in [1.54, 1.807) is 17.6 Å². The molecule has 0 aliphatic carbocycles. The zero-order chi connectivity index (χ0) is 18.4. The molecule has 0 aliphatic rings. The molecule has 0 radical (unpaired) electrons. The summed E-state index contributed by atoms with van der Waals surface area (Å²) < 4.78 is 7.72. The van der Waals surface area contributed by atoms with Crippen molar-refractivity contribution in [3.8, 4) is 5.75 Å². The molecule has 2 aromatic carbocycles. The fraction of sp³-hybridized carbons (Fsp3) is 0.211. The van der Waals surface area contributed by atoms with Crippen molar-refractivity contribution in [3.63, 3.8) is 0 Å². The van der Waals surface area contributed by atoms with E-state index in [9.17, 15) is 4.79 Å². The fourth-order valence-corrected chi connectivity index (χ4v) is 4.06. The number of carbonyl (C=O) groups excluding carboxylic acids is 1. The van der Waals surface area contributed by atoms with E-state index in [0.29, 0.717) is 0 Å². The molecular weight excluding hydrogens is 366 g/mol. The first-order chi connectivity index (χ1) is 12.6. The van der Waals surface area contributed by atoms with Crippen LogP contribution in [0.4, 0.5) is 0 Å². The van der Waals surface area contributed by atoms with Crippen LogP contribution in [0.3, 0.4) is 0 Å². The molecule has 0 aliphatic heterocycles. The second-order valence-electron chi connectivity index (χ2n) is 5.73. The van der Waals surface area contributed by atoms with E-state index in [1.807, 2.05) is 62.4 Å². The average molecular weight is 386 g/mol. The minimum absolute atomic E-state index is 0.0735. The summed E-state index contributed by atoms with van der Waals surface area (Å²) in [6.45, 7) is 3.93. The van der Waals surface area contributed by atoms with Crippen molar-refractivity contribution in [1.82, 2.24) is 10.4 Å². The summed E-state index contributed by atoms with van der Waals surface area (Å²) in [5.74, 6) is 0.832. The minimum atomic E-state index is -0.173. The van der Waals surface area contributed by atoms with Gasteiger partial charge in [0.1, 0.15) is 5.75 Å². The lowest BCUT2D eigenvalue weighted by Crippen LogP contribution is -2.19. The molecule has 26 heavy (non-hydrogen) atoms. The largest absolute Gasteiger partial charge is 0.490 e. The van der Waals surface area contributed by atoms with Crippen LogP contribution < -0.4 is 10.2 Å². The zero-order valence-electron chi connectivity index (χ0n) is 14.5. The molecule has 134 valence electrons. The summed E-state index contributed by atoms with van der Waals surface area (Å²) in [5.41, 5.74) is 4.32. The molecule has 1 aromatic heterocycles. The summed E-state index contributed by atoms with van der Waals surface area (Å²) in [7, 11) is 0. The van der Waals surface area contributed by atoms with Gasteiger partial charge in [-0.1, -0.05) is 36.0 Å². The molecule has 0 saturated heterocycles. The van der Waals surface area contributed by atoms with Gasteiger partial charge in [0.25, 0.3) is 5.91 Å². The van der Waals surface area contributed by atoms with Gasteiger partial charge < -0.3 is 4.74 Å². The summed E-state index contributed by atoms with van der Waals surface area (Å²) in [5, 5.41) is 4.03. The molecule has 3 aromatic rings. The van der Waals surface area contributed by atoms with Gasteiger partial charge in [0, 0.05) is 5.56 Å². The van der Waals surface area contributed by atoms with E-state index < -0.39 is 0 Å². The number of hydrogen-bond acceptors (Lipinski definition) is 6. The van der Waals surface area contributed by atoms with E-state index in [0.717, 1.165) is 25.9 Å². The summed E-state index contributed by atoms with van der Waals surface area (Å²) in [6.07, 6.45) is 1.67. The van der Waals surface area contributed by atoms with Crippen molar-refractivity contribution >= 4 is 45.4 Å². The quantitative estimate of drug-likeness (QED) is 0.374. The van der Waals surface area contributed by atoms with Crippen LogP contribution in [-0.4, -0.2) is 29.0 Å². The van der Waals surface area contributed by atoms with Gasteiger partial charge in [0.15, 0.2) is 4.34 Å². The number of hydrogen-bond donors (Lipinski definition) is 1. The van der Waals surface area contributed by atoms with E-state index >= 15 is 0 Å². The van der Waals surface area contributed by atoms with E-state index in [2.05, 4.69) is 15.5 Å². The molecule has 3 rings (SSSR count). The number of amides is 1. The fourth-order valence-electron chi connectivity index (χ4n) is 2.19. The van der Waals surface area contributed by atoms with Gasteiger partial charge in [-0.25, -0.2) is 10.4 Å². The number of rotatable bonds is 7. The van der Waals surface area contributed by atoms with Crippen LogP contribution in [0.15, 0.2) is 58.0 Å². The number of nitrogens with zero attached hydrogens (tertiary/aromatic N) is 2. The number of thiazole rings is 1. The van der Waals surface area contributed by atoms with Crippen molar-refractivity contribution < 1.29 is 9.53 Å². The molecule has 1 N–H and O–H groups in total. The van der Waals surface area contributed by atoms with E-state index in [4.69, 9.17) is 4.74 Å². The number of aromatic nitrogens is 1. The highest BCUT2D eigenvalue weighted by molar-refractivity contribution is 8.01. The maximum atomic E-state index is 12.0. The predicted molar refractivity (Wildman–Crippen MR) is 108 cm³/mol. The number of nitrogens with one attached hydrogen (secondary N) is 1. The predicted octanol–water partition coefficient (Wildman–Crippen LogP) is 4.33. The SMILES string of the molecule is CC(C)Oc1ccccc1/C=N/NC(=O)CSc1nc2ccccc2s1. The average Bonchev–Trinajstić information content (AvgIpc) is 3.04. The third kappa shape index (κ3) is 5.06. The smallest absolute Gasteiger partial charge is 0.250 e. The number of carbonyl (C=O) groups is 1. The van der Waals surface area contributed by atoms with E-state index in [-0.39, 0.29) is 17.8 Å². The third-order valence-corrected chi connectivity index (χ3v) is 5.45. The third-order valence-electron chi connectivity index (χ3n) is 3.28. The standard InChI is InChI=1S/C19H19N3O2S2/c1-13(2)24-16-9-5-3-7-14(16)11-20-22-18(23)12-25-19-21-15-8-4-6-10-17(15)26-19/h3-11,13H,12H2,1-2H3,(H,22,23)/b20-11+. The number of ether oxygens (including phenoxy) is 1. The zero-order valence-corrected chi connectivity index (χ0v) is 16.1. The topological polar surface area (TPSA) is 63.6 Å². The molecule has 1 amide bonds. The van der Waals surface area contributed by atoms with Crippen LogP contribution in [0.5, 0.6) is 5.75 Å². The first-order valence-corrected chi connectivity index (χ1v) is 9.98. The maximum absolute atomic E-state index is 12.0. The van der Waals surface area contributed by atoms with Crippen molar-refractivity contribution in [2.45, 2.75) is 24.3 Å². The Hall–Kier alpha value is -2.38. The normalized spacial score (nSPS) is 11.3. The summed E-state index contributed by atoms with van der Waals surface area (Å²) in [6, 6.07) is 15.5. The van der Waals surface area contributed by atoms with E-state index in [1.165, 1.54) is 11.8 Å². The Labute approximate surface area is 160 Å². The molecule has 0 fully saturated rings. The monoisotopic (exact) mass is 385 g/mol. The van der Waals surface area contributed by atoms with Crippen LogP contribution in [0.2, 0.25) is 0 Å². The maximum Gasteiger partial charge on any atom is 0.250 e. The minimum Gasteiger partial charge on any atom is -0.490 e. The number of fused-ring (bicyclic) bond motifs is 1. The first-order valence-electron chi connectivity index (χ1n) is 8.18. The van der Waals surface area contributed by atoms with Crippen LogP contribution in [0.25, 0.3) is 10.2 Å². The summed E-state index contributed by atoms with van der Waals surface area (Å²) >= 11 is 2.99. The molecule has 7 heteroatoms. The van der Waals surface area contributed by atoms with Gasteiger partial charge in [-0.05, 0) is 38.1 Å². The van der Waals surface area contributed by atoms with Gasteiger partial charge in [-0.15, -0.1) is 11.3 Å². The van der Waals surface area contributed by atoms with Gasteiger partial charge >= 0.3 is 0 Å². The van der Waals surface area contributed by atoms with Crippen LogP contribution in [0, 0.1) is 0 Å². The summed E-state index contributed by atoms with van der Waals surface area (Å²) in [4.78, 5) is 16.5. The molecule has 0 atom stereocenters. The molecule has 0 bridgehead atoms. The highest BCUT2D eigenvalue weighted by atomic mass is 32.2. The Kier molecular flexibility index (Phi) is 6.25. The highest BCUT2D eigenvalue weighted by Crippen LogP contribution is 2.29. The lowest BCUT2D eigenvalue weighted by atomic mass is 10.2. The second-order valence-corrected chi connectivity index (χ2v) is 7.99. The highest BCUT2D eigenvalue weighted by Gasteiger charge is 2.07. The van der Waals surface area contributed by atoms with Gasteiger partial charge in [0.05, 0.1) is 28.3 Å². The van der Waals surface area contributed by atoms with Gasteiger partial charge in [0.2, 0.25) is 0 Å². The van der Waals surface area contributed by atoms with Crippen molar-refractivity contribution in [3.05, 3.63) is 54.1 Å². The molecule has 5 nitrogen and oxygen atoms in total. The Morgan fingerprint density at radius 1 is 1.27 bits per heavy atom. The first kappa shape index (κ1) is 18.4. The Balaban J connectivity index is 1.53. The Morgan fingerprint density at radius 2 is 2.04 bits per heavy atom. The van der Waals surface area contributed by atoms with Crippen LogP contribution >= 0.6 is 23.1 Å². The molecule has 0 unspecified atom stereocenters. The van der Waals surface area contributed by atoms with Gasteiger partial charge in [-0.3, -0.25) is 4.79 Å². The molecule has 0 spiro atoms. The lowest BCUT2D eigenvalue weighted by Gasteiger charge is -2.11. The molecule has 1 heterocycles. The molecule has 0 saturated carbocycles. The molecular formula is C19H19N3O2S2. The number of thioether (sulfide) groups is 1. The lowest BCUT2D eigenvalue weighted by molar-refractivity contribution is -0.118. The number of hydrazone groups is 1. The van der Waals surface area contributed by atoms with Gasteiger partial charge in [-0.2, -0.15) is 5.10 Å². The Morgan fingerprint density at radius 3 is 2.85 bits per heavy atom. The number of benzene rings is 2. The van der Waals surface area contributed by atoms with Crippen LogP contribution in [0.1, 0.15) is 19.4 Å².